The van der Waals surface area contributed by atoms with Crippen LogP contribution in [0, 0.1) is 6.92 Å². The summed E-state index contributed by atoms with van der Waals surface area (Å²) in [5.41, 5.74) is 10.6. The lowest BCUT2D eigenvalue weighted by Crippen LogP contribution is -1.87. The predicted octanol–water partition coefficient (Wildman–Crippen LogP) is 4.62. The minimum absolute atomic E-state index is 0.704. The summed E-state index contributed by atoms with van der Waals surface area (Å²) in [6, 6.07) is 11.6. The van der Waals surface area contributed by atoms with Crippen molar-refractivity contribution in [2.45, 2.75) is 13.8 Å². The Morgan fingerprint density at radius 2 is 1.94 bits per heavy atom. The van der Waals surface area contributed by atoms with Crippen molar-refractivity contribution in [2.24, 2.45) is 4.99 Å². The molecule has 0 aliphatic carbocycles. The first-order valence-corrected chi connectivity index (χ1v) is 6.14. The van der Waals surface area contributed by atoms with Gasteiger partial charge in [-0.15, -0.1) is 0 Å². The normalized spacial score (nSPS) is 11.1. The van der Waals surface area contributed by atoms with Crippen LogP contribution in [0.3, 0.4) is 0 Å². The van der Waals surface area contributed by atoms with Crippen molar-refractivity contribution in [1.29, 1.82) is 0 Å². The highest BCUT2D eigenvalue weighted by Crippen LogP contribution is 2.32. The van der Waals surface area contributed by atoms with Gasteiger partial charge >= 0.3 is 0 Å². The molecule has 2 aromatic carbocycles. The second kappa shape index (κ2) is 5.23. The van der Waals surface area contributed by atoms with Crippen LogP contribution in [0.2, 0.25) is 5.02 Å². The van der Waals surface area contributed by atoms with E-state index in [1.54, 1.807) is 12.3 Å². The molecule has 92 valence electrons. The van der Waals surface area contributed by atoms with Crippen LogP contribution in [0.15, 0.2) is 41.4 Å². The largest absolute Gasteiger partial charge is 0.399 e. The van der Waals surface area contributed by atoms with Crippen molar-refractivity contribution < 1.29 is 0 Å². The summed E-state index contributed by atoms with van der Waals surface area (Å²) in [7, 11) is 0. The molecule has 0 atom stereocenters. The Labute approximate surface area is 112 Å². The molecular weight excluding hydrogens is 244 g/mol. The molecule has 0 saturated carbocycles. The maximum Gasteiger partial charge on any atom is 0.0655 e. The van der Waals surface area contributed by atoms with E-state index in [0.29, 0.717) is 10.7 Å². The van der Waals surface area contributed by atoms with Crippen LogP contribution in [-0.2, 0) is 0 Å². The minimum atomic E-state index is 0.704. The van der Waals surface area contributed by atoms with Crippen molar-refractivity contribution in [3.8, 4) is 11.1 Å². The van der Waals surface area contributed by atoms with Crippen LogP contribution < -0.4 is 5.73 Å². The predicted molar refractivity (Wildman–Crippen MR) is 79.9 cm³/mol. The molecule has 2 rings (SSSR count). The van der Waals surface area contributed by atoms with E-state index in [-0.39, 0.29) is 0 Å². The third-order valence-corrected chi connectivity index (χ3v) is 3.10. The number of hydrogen-bond acceptors (Lipinski definition) is 2. The summed E-state index contributed by atoms with van der Waals surface area (Å²) in [6.45, 7) is 3.94. The highest BCUT2D eigenvalue weighted by Gasteiger charge is 2.06. The maximum atomic E-state index is 6.20. The van der Waals surface area contributed by atoms with Gasteiger partial charge in [-0.2, -0.15) is 0 Å². The molecular formula is C15H15ClN2. The van der Waals surface area contributed by atoms with Gasteiger partial charge in [-0.25, -0.2) is 0 Å². The molecule has 3 heteroatoms. The number of rotatable bonds is 2. The average molecular weight is 259 g/mol. The summed E-state index contributed by atoms with van der Waals surface area (Å²) in [6.07, 6.45) is 1.79. The Bertz CT molecular complexity index is 603. The fourth-order valence-corrected chi connectivity index (χ4v) is 2.10. The van der Waals surface area contributed by atoms with Crippen LogP contribution in [-0.4, -0.2) is 6.21 Å². The van der Waals surface area contributed by atoms with Gasteiger partial charge in [0, 0.05) is 22.5 Å². The summed E-state index contributed by atoms with van der Waals surface area (Å²) in [4.78, 5) is 4.30. The van der Waals surface area contributed by atoms with Crippen LogP contribution >= 0.6 is 11.6 Å². The molecule has 2 nitrogen and oxygen atoms in total. The van der Waals surface area contributed by atoms with Crippen molar-refractivity contribution in [2.75, 3.05) is 5.73 Å². The van der Waals surface area contributed by atoms with Gasteiger partial charge in [0.1, 0.15) is 0 Å². The third-order valence-electron chi connectivity index (χ3n) is 2.77. The average Bonchev–Trinajstić information content (AvgIpc) is 2.35. The molecule has 0 fully saturated rings. The van der Waals surface area contributed by atoms with Gasteiger partial charge in [0.2, 0.25) is 0 Å². The summed E-state index contributed by atoms with van der Waals surface area (Å²) < 4.78 is 0. The zero-order valence-corrected chi connectivity index (χ0v) is 11.2. The minimum Gasteiger partial charge on any atom is -0.399 e. The van der Waals surface area contributed by atoms with E-state index in [4.69, 9.17) is 17.3 Å². The van der Waals surface area contributed by atoms with Gasteiger partial charge in [0.05, 0.1) is 5.69 Å². The molecule has 0 aromatic heterocycles. The molecule has 2 N–H and O–H groups in total. The lowest BCUT2D eigenvalue weighted by atomic mass is 10.0. The van der Waals surface area contributed by atoms with E-state index in [2.05, 4.69) is 11.1 Å². The number of nitrogens with two attached hydrogens (primary N) is 1. The summed E-state index contributed by atoms with van der Waals surface area (Å²) in [5, 5.41) is 0.704. The van der Waals surface area contributed by atoms with Crippen LogP contribution in [0.4, 0.5) is 11.4 Å². The van der Waals surface area contributed by atoms with Crippen molar-refractivity contribution in [3.05, 3.63) is 47.0 Å². The van der Waals surface area contributed by atoms with Gasteiger partial charge in [-0.1, -0.05) is 17.7 Å². The SMILES string of the molecule is CC=Nc1ccc(-c2cc(N)ccc2Cl)cc1C. The highest BCUT2D eigenvalue weighted by molar-refractivity contribution is 6.33. The first kappa shape index (κ1) is 12.7. The molecule has 0 amide bonds. The number of nitrogens with zero attached hydrogens (tertiary/aromatic N) is 1. The molecule has 0 aliphatic rings. The molecule has 0 saturated heterocycles. The lowest BCUT2D eigenvalue weighted by molar-refractivity contribution is 1.40. The van der Waals surface area contributed by atoms with Gasteiger partial charge in [0.25, 0.3) is 0 Å². The standard InChI is InChI=1S/C15H15ClN2/c1-3-18-15-7-4-11(8-10(15)2)13-9-12(17)5-6-14(13)16/h3-9H,17H2,1-2H3. The Hall–Kier alpha value is -1.80. The van der Waals surface area contributed by atoms with Crippen molar-refractivity contribution in [1.82, 2.24) is 0 Å². The van der Waals surface area contributed by atoms with Crippen molar-refractivity contribution >= 4 is 29.2 Å². The Morgan fingerprint density at radius 3 is 2.61 bits per heavy atom. The first-order valence-electron chi connectivity index (χ1n) is 5.76. The maximum absolute atomic E-state index is 6.20. The Kier molecular flexibility index (Phi) is 3.68. The third kappa shape index (κ3) is 2.54. The number of anilines is 1. The van der Waals surface area contributed by atoms with Gasteiger partial charge < -0.3 is 5.73 Å². The molecule has 0 bridgehead atoms. The number of hydrogen-bond donors (Lipinski definition) is 1. The van der Waals surface area contributed by atoms with Gasteiger partial charge in [0.15, 0.2) is 0 Å². The van der Waals surface area contributed by atoms with Gasteiger partial charge in [-0.05, 0) is 55.3 Å². The number of benzene rings is 2. The molecule has 0 aliphatic heterocycles. The van der Waals surface area contributed by atoms with Crippen LogP contribution in [0.1, 0.15) is 12.5 Å². The molecule has 0 unspecified atom stereocenters. The van der Waals surface area contributed by atoms with Crippen LogP contribution in [0.25, 0.3) is 11.1 Å². The lowest BCUT2D eigenvalue weighted by Gasteiger charge is -2.08. The van der Waals surface area contributed by atoms with Crippen LogP contribution in [0.5, 0.6) is 0 Å². The highest BCUT2D eigenvalue weighted by atomic mass is 35.5. The summed E-state index contributed by atoms with van der Waals surface area (Å²) in [5.74, 6) is 0. The fraction of sp³-hybridized carbons (Fsp3) is 0.133. The number of aryl methyl sites for hydroxylation is 1. The quantitative estimate of drug-likeness (QED) is 0.619. The molecule has 18 heavy (non-hydrogen) atoms. The monoisotopic (exact) mass is 258 g/mol. The molecule has 0 radical (unpaired) electrons. The Morgan fingerprint density at radius 1 is 1.17 bits per heavy atom. The molecule has 2 aromatic rings. The Balaban J connectivity index is 2.52. The first-order chi connectivity index (χ1) is 8.61. The van der Waals surface area contributed by atoms with Crippen molar-refractivity contribution in [3.63, 3.8) is 0 Å². The fourth-order valence-electron chi connectivity index (χ4n) is 1.87. The molecule has 0 spiro atoms. The zero-order chi connectivity index (χ0) is 13.1. The van der Waals surface area contributed by atoms with E-state index >= 15 is 0 Å². The van der Waals surface area contributed by atoms with E-state index < -0.39 is 0 Å². The van der Waals surface area contributed by atoms with Gasteiger partial charge in [-0.3, -0.25) is 4.99 Å². The summed E-state index contributed by atoms with van der Waals surface area (Å²) >= 11 is 6.20. The van der Waals surface area contributed by atoms with E-state index in [0.717, 1.165) is 22.4 Å². The topological polar surface area (TPSA) is 38.4 Å². The number of halogens is 1. The van der Waals surface area contributed by atoms with E-state index in [1.807, 2.05) is 38.1 Å². The van der Waals surface area contributed by atoms with E-state index in [9.17, 15) is 0 Å². The zero-order valence-electron chi connectivity index (χ0n) is 10.4. The number of nitrogen functional groups attached to an aromatic ring is 1. The second-order valence-corrected chi connectivity index (χ2v) is 4.54. The number of aliphatic imine (C=N–C) groups is 1. The molecule has 0 heterocycles. The smallest absolute Gasteiger partial charge is 0.0655 e. The van der Waals surface area contributed by atoms with E-state index in [1.165, 1.54) is 0 Å². The second-order valence-electron chi connectivity index (χ2n) is 4.13.